The van der Waals surface area contributed by atoms with Crippen LogP contribution in [0.15, 0.2) is 12.5 Å². The van der Waals surface area contributed by atoms with Gasteiger partial charge in [-0.25, -0.2) is 9.97 Å². The maximum Gasteiger partial charge on any atom is 0.222 e. The van der Waals surface area contributed by atoms with Crippen molar-refractivity contribution in [3.8, 4) is 0 Å². The van der Waals surface area contributed by atoms with Crippen LogP contribution in [0.2, 0.25) is 0 Å². The molecule has 2 aromatic heterocycles. The number of aryl methyl sites for hydroxylation is 1. The molecule has 0 spiro atoms. The van der Waals surface area contributed by atoms with Gasteiger partial charge in [0.05, 0.1) is 11.4 Å². The van der Waals surface area contributed by atoms with Gasteiger partial charge in [0.2, 0.25) is 5.91 Å². The van der Waals surface area contributed by atoms with Crippen LogP contribution in [0.25, 0.3) is 11.0 Å². The first-order valence-electron chi connectivity index (χ1n) is 7.08. The molecule has 1 saturated heterocycles. The molecule has 2 N–H and O–H groups in total. The molecule has 0 aromatic carbocycles. The van der Waals surface area contributed by atoms with Crippen molar-refractivity contribution in [3.63, 3.8) is 0 Å². The van der Waals surface area contributed by atoms with E-state index in [4.69, 9.17) is 0 Å². The summed E-state index contributed by atoms with van der Waals surface area (Å²) in [5.41, 5.74) is 2.07. The highest BCUT2D eigenvalue weighted by atomic mass is 16.2. The van der Waals surface area contributed by atoms with E-state index >= 15 is 0 Å². The summed E-state index contributed by atoms with van der Waals surface area (Å²) in [6, 6.07) is 0.281. The number of nitrogens with one attached hydrogen (secondary N) is 2. The van der Waals surface area contributed by atoms with E-state index in [1.54, 1.807) is 6.33 Å². The summed E-state index contributed by atoms with van der Waals surface area (Å²) in [6.45, 7) is 5.52. The lowest BCUT2D eigenvalue weighted by molar-refractivity contribution is -0.134. The van der Waals surface area contributed by atoms with Gasteiger partial charge < -0.3 is 15.2 Å². The van der Waals surface area contributed by atoms with Gasteiger partial charge in [0.15, 0.2) is 0 Å². The number of aromatic amines is 1. The second-order valence-electron chi connectivity index (χ2n) is 5.11. The molecule has 1 aliphatic heterocycles. The summed E-state index contributed by atoms with van der Waals surface area (Å²) in [5, 5.41) is 4.49. The number of anilines is 1. The lowest BCUT2D eigenvalue weighted by Gasteiger charge is -2.39. The minimum atomic E-state index is 0.215. The van der Waals surface area contributed by atoms with Gasteiger partial charge in [0.1, 0.15) is 17.8 Å². The summed E-state index contributed by atoms with van der Waals surface area (Å²) in [5.74, 6) is 1.08. The van der Waals surface area contributed by atoms with Crippen LogP contribution in [-0.4, -0.2) is 44.9 Å². The lowest BCUT2D eigenvalue weighted by Crippen LogP contribution is -2.56. The molecule has 20 heavy (non-hydrogen) atoms. The number of H-pyrrole nitrogens is 1. The highest BCUT2D eigenvalue weighted by Crippen LogP contribution is 2.25. The first-order chi connectivity index (χ1) is 9.72. The average Bonchev–Trinajstić information content (AvgIpc) is 2.85. The summed E-state index contributed by atoms with van der Waals surface area (Å²) in [6.07, 6.45) is 5.06. The number of carbonyl (C=O) groups excluding carboxylic acids is 1. The Morgan fingerprint density at radius 2 is 2.25 bits per heavy atom. The lowest BCUT2D eigenvalue weighted by atomic mass is 10.1. The molecule has 0 bridgehead atoms. The van der Waals surface area contributed by atoms with Crippen LogP contribution < -0.4 is 5.32 Å². The van der Waals surface area contributed by atoms with E-state index < -0.39 is 0 Å². The minimum absolute atomic E-state index is 0.215. The van der Waals surface area contributed by atoms with Crippen molar-refractivity contribution in [2.45, 2.75) is 32.7 Å². The molecular weight excluding hydrogens is 254 g/mol. The smallest absolute Gasteiger partial charge is 0.222 e. The van der Waals surface area contributed by atoms with Crippen LogP contribution in [0, 0.1) is 0 Å². The molecule has 0 aliphatic carbocycles. The van der Waals surface area contributed by atoms with Crippen molar-refractivity contribution >= 4 is 22.8 Å². The first-order valence-corrected chi connectivity index (χ1v) is 7.08. The second kappa shape index (κ2) is 5.11. The van der Waals surface area contributed by atoms with Crippen LogP contribution in [0.5, 0.6) is 0 Å². The van der Waals surface area contributed by atoms with Gasteiger partial charge in [0, 0.05) is 25.7 Å². The zero-order chi connectivity index (χ0) is 14.1. The Balaban J connectivity index is 1.76. The third kappa shape index (κ3) is 2.11. The maximum absolute atomic E-state index is 11.5. The standard InChI is InChI=1S/C14H19N5O/c1-3-9-5-15-13-12(9)14(17-8-16-13)18-10-6-19(7-10)11(20)4-2/h5,8,10H,3-4,6-7H2,1-2H3,(H2,15,16,17,18). The van der Waals surface area contributed by atoms with Crippen LogP contribution in [0.3, 0.4) is 0 Å². The zero-order valence-electron chi connectivity index (χ0n) is 11.8. The first kappa shape index (κ1) is 12.9. The number of fused-ring (bicyclic) bond motifs is 1. The number of hydrogen-bond acceptors (Lipinski definition) is 4. The third-order valence-corrected chi connectivity index (χ3v) is 3.81. The second-order valence-corrected chi connectivity index (χ2v) is 5.11. The molecular formula is C14H19N5O. The van der Waals surface area contributed by atoms with Crippen molar-refractivity contribution in [2.24, 2.45) is 0 Å². The van der Waals surface area contributed by atoms with Gasteiger partial charge in [-0.1, -0.05) is 13.8 Å². The summed E-state index contributed by atoms with van der Waals surface area (Å²) in [7, 11) is 0. The van der Waals surface area contributed by atoms with Crippen LogP contribution in [-0.2, 0) is 11.2 Å². The molecule has 1 amide bonds. The predicted molar refractivity (Wildman–Crippen MR) is 77.5 cm³/mol. The Morgan fingerprint density at radius 1 is 1.45 bits per heavy atom. The number of nitrogens with zero attached hydrogens (tertiary/aromatic N) is 3. The molecule has 0 radical (unpaired) electrons. The average molecular weight is 273 g/mol. The highest BCUT2D eigenvalue weighted by Gasteiger charge is 2.30. The minimum Gasteiger partial charge on any atom is -0.363 e. The fourth-order valence-corrected chi connectivity index (χ4v) is 2.61. The topological polar surface area (TPSA) is 73.9 Å². The van der Waals surface area contributed by atoms with Gasteiger partial charge in [-0.05, 0) is 12.0 Å². The van der Waals surface area contributed by atoms with Gasteiger partial charge in [-0.2, -0.15) is 0 Å². The highest BCUT2D eigenvalue weighted by molar-refractivity contribution is 5.90. The van der Waals surface area contributed by atoms with E-state index in [1.807, 2.05) is 18.0 Å². The maximum atomic E-state index is 11.5. The van der Waals surface area contributed by atoms with Crippen LogP contribution in [0.1, 0.15) is 25.8 Å². The number of amides is 1. The molecule has 3 rings (SSSR count). The molecule has 0 unspecified atom stereocenters. The Kier molecular flexibility index (Phi) is 3.30. The van der Waals surface area contributed by atoms with E-state index in [0.29, 0.717) is 6.42 Å². The molecule has 6 heteroatoms. The molecule has 106 valence electrons. The number of rotatable bonds is 4. The van der Waals surface area contributed by atoms with E-state index in [2.05, 4.69) is 27.2 Å². The number of likely N-dealkylation sites (tertiary alicyclic amines) is 1. The van der Waals surface area contributed by atoms with Crippen molar-refractivity contribution in [3.05, 3.63) is 18.1 Å². The van der Waals surface area contributed by atoms with Crippen LogP contribution >= 0.6 is 0 Å². The largest absolute Gasteiger partial charge is 0.363 e. The van der Waals surface area contributed by atoms with Crippen molar-refractivity contribution in [2.75, 3.05) is 18.4 Å². The van der Waals surface area contributed by atoms with Crippen molar-refractivity contribution < 1.29 is 4.79 Å². The van der Waals surface area contributed by atoms with Gasteiger partial charge in [0.25, 0.3) is 0 Å². The van der Waals surface area contributed by atoms with E-state index in [-0.39, 0.29) is 11.9 Å². The number of aromatic nitrogens is 3. The van der Waals surface area contributed by atoms with Gasteiger partial charge >= 0.3 is 0 Å². The number of hydrogen-bond donors (Lipinski definition) is 2. The number of carbonyl (C=O) groups is 1. The molecule has 1 fully saturated rings. The van der Waals surface area contributed by atoms with Crippen molar-refractivity contribution in [1.82, 2.24) is 19.9 Å². The van der Waals surface area contributed by atoms with Gasteiger partial charge in [-0.15, -0.1) is 0 Å². The Hall–Kier alpha value is -2.11. The zero-order valence-corrected chi connectivity index (χ0v) is 11.8. The molecule has 2 aromatic rings. The third-order valence-electron chi connectivity index (χ3n) is 3.81. The molecule has 0 saturated carbocycles. The SMILES string of the molecule is CCC(=O)N1CC(Nc2ncnc3[nH]cc(CC)c23)C1. The van der Waals surface area contributed by atoms with Crippen molar-refractivity contribution in [1.29, 1.82) is 0 Å². The normalized spacial score (nSPS) is 15.4. The van der Waals surface area contributed by atoms with E-state index in [0.717, 1.165) is 36.4 Å². The van der Waals surface area contributed by atoms with E-state index in [1.165, 1.54) is 5.56 Å². The Bertz CT molecular complexity index is 630. The summed E-state index contributed by atoms with van der Waals surface area (Å²) >= 11 is 0. The van der Waals surface area contributed by atoms with E-state index in [9.17, 15) is 4.79 Å². The molecule has 0 atom stereocenters. The molecule has 1 aliphatic rings. The summed E-state index contributed by atoms with van der Waals surface area (Å²) < 4.78 is 0. The summed E-state index contributed by atoms with van der Waals surface area (Å²) in [4.78, 5) is 25.2. The molecule has 6 nitrogen and oxygen atoms in total. The predicted octanol–water partition coefficient (Wildman–Crippen LogP) is 1.55. The fraction of sp³-hybridized carbons (Fsp3) is 0.500. The quantitative estimate of drug-likeness (QED) is 0.886. The van der Waals surface area contributed by atoms with Crippen LogP contribution in [0.4, 0.5) is 5.82 Å². The fourth-order valence-electron chi connectivity index (χ4n) is 2.61. The Labute approximate surface area is 117 Å². The Morgan fingerprint density at radius 3 is 2.95 bits per heavy atom. The monoisotopic (exact) mass is 273 g/mol. The van der Waals surface area contributed by atoms with Gasteiger partial charge in [-0.3, -0.25) is 4.79 Å². The molecule has 3 heterocycles.